The molecule has 0 bridgehead atoms. The van der Waals surface area contributed by atoms with Crippen molar-refractivity contribution in [3.8, 4) is 0 Å². The lowest BCUT2D eigenvalue weighted by molar-refractivity contribution is 0.126. The molecule has 14 unspecified atom stereocenters. The van der Waals surface area contributed by atoms with Gasteiger partial charge in [0.2, 0.25) is 0 Å². The van der Waals surface area contributed by atoms with Crippen LogP contribution in [0.4, 0.5) is 0 Å². The van der Waals surface area contributed by atoms with Crippen molar-refractivity contribution in [2.45, 2.75) is 103 Å². The molecule has 0 N–H and O–H groups in total. The van der Waals surface area contributed by atoms with Gasteiger partial charge in [-0.25, -0.2) is 0 Å². The Bertz CT molecular complexity index is 728. The Morgan fingerprint density at radius 3 is 1.36 bits per heavy atom. The molecule has 4 fully saturated rings. The molecule has 33 heavy (non-hydrogen) atoms. The van der Waals surface area contributed by atoms with Crippen LogP contribution in [0.2, 0.25) is 24.2 Å². The molecule has 0 aromatic heterocycles. The van der Waals surface area contributed by atoms with Crippen molar-refractivity contribution in [1.29, 1.82) is 0 Å². The smallest absolute Gasteiger partial charge is 0.0553 e. The molecule has 0 radical (unpaired) electrons. The van der Waals surface area contributed by atoms with E-state index in [2.05, 4.69) is 65.1 Å². The highest BCUT2D eigenvalue weighted by Gasteiger charge is 2.60. The summed E-state index contributed by atoms with van der Waals surface area (Å²) in [5, 5.41) is 0. The van der Waals surface area contributed by atoms with Crippen LogP contribution in [0.1, 0.15) is 79.1 Å². The zero-order valence-corrected chi connectivity index (χ0v) is 23.5. The molecule has 0 nitrogen and oxygen atoms in total. The van der Waals surface area contributed by atoms with E-state index < -0.39 is 8.07 Å². The quantitative estimate of drug-likeness (QED) is 0.282. The molecule has 4 saturated carbocycles. The highest BCUT2D eigenvalue weighted by molar-refractivity contribution is 6.80. The fourth-order valence-corrected chi connectivity index (χ4v) is 18.1. The minimum Gasteiger partial charge on any atom is -0.0848 e. The second kappa shape index (κ2) is 8.38. The van der Waals surface area contributed by atoms with Crippen molar-refractivity contribution < 1.29 is 0 Å². The predicted octanol–water partition coefficient (Wildman–Crippen LogP) is 9.22. The van der Waals surface area contributed by atoms with Gasteiger partial charge in [-0.15, -0.1) is 0 Å². The van der Waals surface area contributed by atoms with E-state index >= 15 is 0 Å². The maximum atomic E-state index is 2.87. The van der Waals surface area contributed by atoms with Gasteiger partial charge >= 0.3 is 0 Å². The lowest BCUT2D eigenvalue weighted by atomic mass is 9.63. The Labute approximate surface area is 206 Å². The molecule has 0 aliphatic heterocycles. The molecule has 0 amide bonds. The maximum Gasteiger partial charge on any atom is 0.0553 e. The number of hydrogen-bond donors (Lipinski definition) is 0. The number of rotatable bonds is 2. The van der Waals surface area contributed by atoms with Crippen LogP contribution in [0, 0.1) is 71.0 Å². The average Bonchev–Trinajstić information content (AvgIpc) is 3.30. The second-order valence-corrected chi connectivity index (χ2v) is 20.0. The molecule has 6 aliphatic carbocycles. The highest BCUT2D eigenvalue weighted by Crippen LogP contribution is 2.66. The summed E-state index contributed by atoms with van der Waals surface area (Å²) in [7, 11) is -1.43. The van der Waals surface area contributed by atoms with Crippen molar-refractivity contribution in [2.75, 3.05) is 0 Å². The van der Waals surface area contributed by atoms with Crippen LogP contribution in [0.5, 0.6) is 0 Å². The van der Waals surface area contributed by atoms with Crippen molar-refractivity contribution >= 4 is 8.07 Å². The molecule has 0 aromatic rings. The lowest BCUT2D eigenvalue weighted by Gasteiger charge is -2.49. The first kappa shape index (κ1) is 23.1. The van der Waals surface area contributed by atoms with Crippen LogP contribution in [0.15, 0.2) is 24.3 Å². The molecule has 184 valence electrons. The van der Waals surface area contributed by atoms with Crippen LogP contribution >= 0.6 is 0 Å². The number of hydrogen-bond acceptors (Lipinski definition) is 0. The van der Waals surface area contributed by atoms with Crippen LogP contribution in [-0.4, -0.2) is 8.07 Å². The van der Waals surface area contributed by atoms with Gasteiger partial charge in [-0.2, -0.15) is 0 Å². The maximum absolute atomic E-state index is 2.87. The van der Waals surface area contributed by atoms with Crippen LogP contribution in [-0.2, 0) is 0 Å². The molecule has 0 saturated heterocycles. The SMILES string of the molecule is CC1CCC2C=CC3C(CC(C)C3[Si](C)(C)C3C(C)CC4C3C=CC3CCC(C)CC34)C2C1. The second-order valence-electron chi connectivity index (χ2n) is 15.0. The molecular formula is C32H52Si. The Balaban J connectivity index is 1.29. The number of allylic oxidation sites excluding steroid dienone is 4. The summed E-state index contributed by atoms with van der Waals surface area (Å²) in [5.41, 5.74) is 2.03. The molecule has 6 rings (SSSR count). The summed E-state index contributed by atoms with van der Waals surface area (Å²) in [6.07, 6.45) is 23.1. The molecular weight excluding hydrogens is 412 g/mol. The first-order valence-corrected chi connectivity index (χ1v) is 18.3. The van der Waals surface area contributed by atoms with Crippen molar-refractivity contribution in [3.63, 3.8) is 0 Å². The molecule has 0 aromatic carbocycles. The van der Waals surface area contributed by atoms with Crippen LogP contribution < -0.4 is 0 Å². The fraction of sp³-hybridized carbons (Fsp3) is 0.875. The van der Waals surface area contributed by atoms with Gasteiger partial charge in [-0.3, -0.25) is 0 Å². The fourth-order valence-electron chi connectivity index (χ4n) is 11.8. The predicted molar refractivity (Wildman–Crippen MR) is 145 cm³/mol. The number of fused-ring (bicyclic) bond motifs is 6. The van der Waals surface area contributed by atoms with Gasteiger partial charge in [-0.05, 0) is 121 Å². The van der Waals surface area contributed by atoms with Gasteiger partial charge in [0.1, 0.15) is 0 Å². The summed E-state index contributed by atoms with van der Waals surface area (Å²) in [6, 6.07) is 0. The van der Waals surface area contributed by atoms with Crippen molar-refractivity contribution in [3.05, 3.63) is 24.3 Å². The highest BCUT2D eigenvalue weighted by atomic mass is 28.3. The van der Waals surface area contributed by atoms with E-state index in [0.717, 1.165) is 82.1 Å². The summed E-state index contributed by atoms with van der Waals surface area (Å²) < 4.78 is 0. The molecule has 0 spiro atoms. The third-order valence-corrected chi connectivity index (χ3v) is 18.1. The van der Waals surface area contributed by atoms with E-state index in [1.807, 2.05) is 0 Å². The van der Waals surface area contributed by atoms with Gasteiger partial charge in [0.25, 0.3) is 0 Å². The topological polar surface area (TPSA) is 0 Å². The minimum atomic E-state index is -1.43. The minimum absolute atomic E-state index is 0.912. The van der Waals surface area contributed by atoms with E-state index in [-0.39, 0.29) is 0 Å². The molecule has 6 aliphatic rings. The lowest BCUT2D eigenvalue weighted by Crippen LogP contribution is -2.47. The largest absolute Gasteiger partial charge is 0.0848 e. The van der Waals surface area contributed by atoms with Crippen LogP contribution in [0.3, 0.4) is 0 Å². The van der Waals surface area contributed by atoms with E-state index in [4.69, 9.17) is 0 Å². The van der Waals surface area contributed by atoms with E-state index in [1.165, 1.54) is 51.4 Å². The van der Waals surface area contributed by atoms with E-state index in [1.54, 1.807) is 0 Å². The van der Waals surface area contributed by atoms with Crippen LogP contribution in [0.25, 0.3) is 0 Å². The van der Waals surface area contributed by atoms with Gasteiger partial charge in [0.15, 0.2) is 0 Å². The summed E-state index contributed by atoms with van der Waals surface area (Å²) >= 11 is 0. The van der Waals surface area contributed by atoms with Gasteiger partial charge in [0, 0.05) is 0 Å². The van der Waals surface area contributed by atoms with E-state index in [0.29, 0.717) is 0 Å². The Hall–Kier alpha value is -0.303. The van der Waals surface area contributed by atoms with Crippen molar-refractivity contribution in [1.82, 2.24) is 0 Å². The molecule has 14 atom stereocenters. The average molecular weight is 465 g/mol. The Morgan fingerprint density at radius 2 is 0.939 bits per heavy atom. The molecule has 1 heteroatoms. The van der Waals surface area contributed by atoms with Gasteiger partial charge in [-0.1, -0.05) is 77.9 Å². The van der Waals surface area contributed by atoms with Gasteiger partial charge < -0.3 is 0 Å². The third-order valence-electron chi connectivity index (χ3n) is 12.7. The Morgan fingerprint density at radius 1 is 0.515 bits per heavy atom. The van der Waals surface area contributed by atoms with Crippen molar-refractivity contribution in [2.24, 2.45) is 71.0 Å². The Kier molecular flexibility index (Phi) is 5.87. The first-order valence-electron chi connectivity index (χ1n) is 15.1. The van der Waals surface area contributed by atoms with E-state index in [9.17, 15) is 0 Å². The first-order chi connectivity index (χ1) is 15.8. The molecule has 0 heterocycles. The monoisotopic (exact) mass is 464 g/mol. The van der Waals surface area contributed by atoms with Gasteiger partial charge in [0.05, 0.1) is 8.07 Å². The summed E-state index contributed by atoms with van der Waals surface area (Å²) in [4.78, 5) is 0. The summed E-state index contributed by atoms with van der Waals surface area (Å²) in [6.45, 7) is 16.2. The zero-order chi connectivity index (χ0) is 23.1. The third kappa shape index (κ3) is 3.63. The zero-order valence-electron chi connectivity index (χ0n) is 22.5. The summed E-state index contributed by atoms with van der Waals surface area (Å²) in [5.74, 6) is 11.5. The normalized spacial score (nSPS) is 55.6. The standard InChI is InChI=1S/C32H52Si/c1-19-7-9-23-11-13-25-29(27(23)15-19)17-21(3)31(25)33(5,6)32-22(4)18-30-26(32)14-12-24-10-8-20(2)16-28(24)30/h11-14,19-32H,7-10,15-18H2,1-6H3.